The van der Waals surface area contributed by atoms with Crippen molar-refractivity contribution in [1.29, 1.82) is 0 Å². The Morgan fingerprint density at radius 2 is 1.85 bits per heavy atom. The van der Waals surface area contributed by atoms with Crippen LogP contribution in [0.2, 0.25) is 0 Å². The maximum atomic E-state index is 11.6. The van der Waals surface area contributed by atoms with Gasteiger partial charge in [0.15, 0.2) is 6.29 Å². The maximum Gasteiger partial charge on any atom is 0.154 e. The van der Waals surface area contributed by atoms with Gasteiger partial charge in [0.2, 0.25) is 0 Å². The van der Waals surface area contributed by atoms with Gasteiger partial charge in [-0.1, -0.05) is 29.9 Å². The van der Waals surface area contributed by atoms with Crippen LogP contribution in [-0.2, 0) is 6.42 Å². The number of phenols is 1. The van der Waals surface area contributed by atoms with Crippen molar-refractivity contribution in [3.8, 4) is 17.2 Å². The quantitative estimate of drug-likeness (QED) is 0.417. The van der Waals surface area contributed by atoms with Gasteiger partial charge in [-0.3, -0.25) is 4.79 Å². The number of hydrogen-bond acceptors (Lipinski definition) is 4. The van der Waals surface area contributed by atoms with Gasteiger partial charge in [0.25, 0.3) is 0 Å². The van der Waals surface area contributed by atoms with Gasteiger partial charge in [-0.15, -0.1) is 6.58 Å². The van der Waals surface area contributed by atoms with Crippen LogP contribution in [0.5, 0.6) is 17.2 Å². The van der Waals surface area contributed by atoms with E-state index in [4.69, 9.17) is 9.47 Å². The van der Waals surface area contributed by atoms with Crippen LogP contribution >= 0.6 is 0 Å². The molecule has 0 aromatic heterocycles. The van der Waals surface area contributed by atoms with Crippen LogP contribution < -0.4 is 9.47 Å². The van der Waals surface area contributed by atoms with Gasteiger partial charge < -0.3 is 14.6 Å². The average Bonchev–Trinajstić information content (AvgIpc) is 2.65. The first-order chi connectivity index (χ1) is 12.5. The number of hydrogen-bond donors (Lipinski definition) is 1. The van der Waals surface area contributed by atoms with E-state index in [0.717, 1.165) is 16.9 Å². The molecule has 0 unspecified atom stereocenters. The summed E-state index contributed by atoms with van der Waals surface area (Å²) in [6.07, 6.45) is 5.61. The molecule has 2 aromatic carbocycles. The lowest BCUT2D eigenvalue weighted by Gasteiger charge is -2.14. The first-order valence-electron chi connectivity index (χ1n) is 8.34. The summed E-state index contributed by atoms with van der Waals surface area (Å²) in [4.78, 5) is 11.6. The second-order valence-corrected chi connectivity index (χ2v) is 6.09. The number of carbonyl (C=O) groups is 1. The minimum absolute atomic E-state index is 0.0324. The van der Waals surface area contributed by atoms with Crippen LogP contribution in [0, 0.1) is 0 Å². The molecule has 0 aliphatic rings. The average molecular weight is 352 g/mol. The molecule has 0 saturated carbocycles. The topological polar surface area (TPSA) is 55.8 Å². The standard InChI is InChI=1S/C22H24O4/c1-15(2)5-12-19-21(26-4)13-17(20(14-23)22(19)24)9-6-16-7-10-18(25-3)11-8-16/h6-11,13-14,24H,1,5,12H2,2-4H3/b9-6+. The number of phenolic OH excluding ortho intramolecular Hbond substituents is 1. The molecule has 0 fully saturated rings. The highest BCUT2D eigenvalue weighted by Crippen LogP contribution is 2.35. The molecule has 26 heavy (non-hydrogen) atoms. The van der Waals surface area contributed by atoms with Crippen LogP contribution in [0.15, 0.2) is 42.5 Å². The first kappa shape index (κ1) is 19.3. The summed E-state index contributed by atoms with van der Waals surface area (Å²) < 4.78 is 10.6. The Bertz CT molecular complexity index is 817. The smallest absolute Gasteiger partial charge is 0.154 e. The van der Waals surface area contributed by atoms with E-state index in [-0.39, 0.29) is 11.3 Å². The summed E-state index contributed by atoms with van der Waals surface area (Å²) in [6.45, 7) is 5.81. The van der Waals surface area contributed by atoms with Crippen LogP contribution in [0.1, 0.15) is 40.4 Å². The minimum Gasteiger partial charge on any atom is -0.507 e. The number of methoxy groups -OCH3 is 2. The number of carbonyl (C=O) groups excluding carboxylic acids is 1. The fourth-order valence-electron chi connectivity index (χ4n) is 2.65. The fraction of sp³-hybridized carbons (Fsp3) is 0.227. The van der Waals surface area contributed by atoms with Gasteiger partial charge >= 0.3 is 0 Å². The molecule has 0 radical (unpaired) electrons. The number of aldehydes is 1. The van der Waals surface area contributed by atoms with Crippen molar-refractivity contribution in [2.45, 2.75) is 19.8 Å². The molecule has 4 heteroatoms. The van der Waals surface area contributed by atoms with Crippen molar-refractivity contribution in [2.75, 3.05) is 14.2 Å². The Balaban J connectivity index is 2.40. The third-order valence-electron chi connectivity index (χ3n) is 4.15. The maximum absolute atomic E-state index is 11.6. The molecule has 1 N–H and O–H groups in total. The second-order valence-electron chi connectivity index (χ2n) is 6.09. The minimum atomic E-state index is -0.0324. The highest BCUT2D eigenvalue weighted by Gasteiger charge is 2.16. The van der Waals surface area contributed by atoms with E-state index in [1.54, 1.807) is 26.4 Å². The van der Waals surface area contributed by atoms with Gasteiger partial charge in [0, 0.05) is 5.56 Å². The number of ether oxygens (including phenoxy) is 2. The molecule has 0 spiro atoms. The molecule has 0 aliphatic heterocycles. The van der Waals surface area contributed by atoms with Gasteiger partial charge in [0.1, 0.15) is 17.2 Å². The second kappa shape index (κ2) is 8.90. The molecule has 4 nitrogen and oxygen atoms in total. The highest BCUT2D eigenvalue weighted by molar-refractivity contribution is 5.89. The summed E-state index contributed by atoms with van der Waals surface area (Å²) in [7, 11) is 3.17. The summed E-state index contributed by atoms with van der Waals surface area (Å²) in [6, 6.07) is 9.32. The van der Waals surface area contributed by atoms with Gasteiger partial charge in [0.05, 0.1) is 19.8 Å². The van der Waals surface area contributed by atoms with Crippen molar-refractivity contribution in [1.82, 2.24) is 0 Å². The van der Waals surface area contributed by atoms with E-state index in [0.29, 0.717) is 36.0 Å². The number of benzene rings is 2. The zero-order chi connectivity index (χ0) is 19.1. The molecule has 136 valence electrons. The predicted molar refractivity (Wildman–Crippen MR) is 105 cm³/mol. The van der Waals surface area contributed by atoms with Crippen molar-refractivity contribution in [3.05, 3.63) is 64.7 Å². The Hall–Kier alpha value is -3.01. The summed E-state index contributed by atoms with van der Waals surface area (Å²) in [5, 5.41) is 10.6. The Labute approximate surface area is 154 Å². The summed E-state index contributed by atoms with van der Waals surface area (Å²) in [5.74, 6) is 1.30. The normalized spacial score (nSPS) is 10.7. The van der Waals surface area contributed by atoms with E-state index in [1.165, 1.54) is 0 Å². The van der Waals surface area contributed by atoms with Crippen molar-refractivity contribution >= 4 is 18.4 Å². The SMILES string of the molecule is C=C(C)CCc1c(OC)cc(/C=C/c2ccc(OC)cc2)c(C=O)c1O. The number of aromatic hydroxyl groups is 1. The Kier molecular flexibility index (Phi) is 6.61. The molecule has 0 atom stereocenters. The van der Waals surface area contributed by atoms with E-state index in [1.807, 2.05) is 37.3 Å². The molecular weight excluding hydrogens is 328 g/mol. The number of allylic oxidation sites excluding steroid dienone is 1. The number of rotatable bonds is 8. The first-order valence-corrected chi connectivity index (χ1v) is 8.34. The lowest BCUT2D eigenvalue weighted by atomic mass is 9.97. The van der Waals surface area contributed by atoms with Crippen molar-refractivity contribution in [3.63, 3.8) is 0 Å². The molecule has 2 rings (SSSR count). The van der Waals surface area contributed by atoms with Crippen LogP contribution in [0.25, 0.3) is 12.2 Å². The van der Waals surface area contributed by atoms with Gasteiger partial charge in [-0.25, -0.2) is 0 Å². The van der Waals surface area contributed by atoms with Crippen molar-refractivity contribution < 1.29 is 19.4 Å². The predicted octanol–water partition coefficient (Wildman–Crippen LogP) is 4.90. The molecule has 0 heterocycles. The van der Waals surface area contributed by atoms with Crippen molar-refractivity contribution in [2.24, 2.45) is 0 Å². The molecule has 2 aromatic rings. The Morgan fingerprint density at radius 3 is 2.38 bits per heavy atom. The van der Waals surface area contributed by atoms with E-state index in [9.17, 15) is 9.90 Å². The van der Waals surface area contributed by atoms with E-state index < -0.39 is 0 Å². The third kappa shape index (κ3) is 4.54. The van der Waals surface area contributed by atoms with E-state index in [2.05, 4.69) is 6.58 Å². The zero-order valence-corrected chi connectivity index (χ0v) is 15.4. The largest absolute Gasteiger partial charge is 0.507 e. The lowest BCUT2D eigenvalue weighted by Crippen LogP contribution is -1.99. The van der Waals surface area contributed by atoms with Gasteiger partial charge in [-0.2, -0.15) is 0 Å². The lowest BCUT2D eigenvalue weighted by molar-refractivity contribution is 0.112. The zero-order valence-electron chi connectivity index (χ0n) is 15.4. The molecule has 0 aliphatic carbocycles. The molecule has 0 saturated heterocycles. The Morgan fingerprint density at radius 1 is 1.15 bits per heavy atom. The van der Waals surface area contributed by atoms with Crippen LogP contribution in [-0.4, -0.2) is 25.6 Å². The van der Waals surface area contributed by atoms with Crippen LogP contribution in [0.4, 0.5) is 0 Å². The molecular formula is C22H24O4. The third-order valence-corrected chi connectivity index (χ3v) is 4.15. The summed E-state index contributed by atoms with van der Waals surface area (Å²) >= 11 is 0. The van der Waals surface area contributed by atoms with Gasteiger partial charge in [-0.05, 0) is 49.1 Å². The fourth-order valence-corrected chi connectivity index (χ4v) is 2.65. The highest BCUT2D eigenvalue weighted by atomic mass is 16.5. The monoisotopic (exact) mass is 352 g/mol. The van der Waals surface area contributed by atoms with E-state index >= 15 is 0 Å². The summed E-state index contributed by atoms with van der Waals surface area (Å²) in [5.41, 5.74) is 3.44. The van der Waals surface area contributed by atoms with Crippen LogP contribution in [0.3, 0.4) is 0 Å². The molecule has 0 bridgehead atoms. The molecule has 0 amide bonds.